The molecule has 0 spiro atoms. The minimum atomic E-state index is -0.186. The van der Waals surface area contributed by atoms with Crippen LogP contribution >= 0.6 is 38.9 Å². The average molecular weight is 306 g/mol. The summed E-state index contributed by atoms with van der Waals surface area (Å²) in [6.07, 6.45) is 0. The number of halogens is 2. The minimum Gasteiger partial charge on any atom is -0.464 e. The quantitative estimate of drug-likeness (QED) is 0.708. The van der Waals surface area contributed by atoms with Crippen molar-refractivity contribution in [1.82, 2.24) is 0 Å². The molecule has 0 radical (unpaired) electrons. The van der Waals surface area contributed by atoms with E-state index in [-0.39, 0.29) is 5.38 Å². The van der Waals surface area contributed by atoms with Crippen molar-refractivity contribution in [2.75, 3.05) is 0 Å². The van der Waals surface area contributed by atoms with Crippen molar-refractivity contribution in [3.05, 3.63) is 43.9 Å². The number of hydrogen-bond acceptors (Lipinski definition) is 2. The highest BCUT2D eigenvalue weighted by Crippen LogP contribution is 2.38. The van der Waals surface area contributed by atoms with E-state index in [4.69, 9.17) is 16.0 Å². The van der Waals surface area contributed by atoms with Gasteiger partial charge in [-0.2, -0.15) is 0 Å². The van der Waals surface area contributed by atoms with Gasteiger partial charge in [0.25, 0.3) is 0 Å². The van der Waals surface area contributed by atoms with Crippen LogP contribution in [0.4, 0.5) is 0 Å². The normalized spacial score (nSPS) is 13.1. The van der Waals surface area contributed by atoms with Gasteiger partial charge in [0.15, 0.2) is 0 Å². The Balaban J connectivity index is 2.31. The molecular formula is C11H10BrClOS. The highest BCUT2D eigenvalue weighted by atomic mass is 79.9. The van der Waals surface area contributed by atoms with Crippen molar-refractivity contribution in [3.63, 3.8) is 0 Å². The molecule has 1 atom stereocenters. The van der Waals surface area contributed by atoms with Gasteiger partial charge in [-0.25, -0.2) is 0 Å². The van der Waals surface area contributed by atoms with Gasteiger partial charge in [0.05, 0.1) is 3.79 Å². The first kappa shape index (κ1) is 11.2. The van der Waals surface area contributed by atoms with Gasteiger partial charge in [-0.3, -0.25) is 0 Å². The van der Waals surface area contributed by atoms with Crippen molar-refractivity contribution in [3.8, 4) is 0 Å². The number of rotatable bonds is 2. The van der Waals surface area contributed by atoms with Crippen molar-refractivity contribution >= 4 is 38.9 Å². The number of thiophene rings is 1. The van der Waals surface area contributed by atoms with Gasteiger partial charge in [-0.15, -0.1) is 22.9 Å². The Hall–Kier alpha value is -0.250. The lowest BCUT2D eigenvalue weighted by atomic mass is 10.2. The molecule has 1 nitrogen and oxygen atoms in total. The second-order valence-corrected chi connectivity index (χ2v) is 6.25. The summed E-state index contributed by atoms with van der Waals surface area (Å²) < 4.78 is 6.64. The number of hydrogen-bond donors (Lipinski definition) is 0. The second-order valence-electron chi connectivity index (χ2n) is 3.42. The van der Waals surface area contributed by atoms with E-state index in [1.165, 1.54) is 5.56 Å². The van der Waals surface area contributed by atoms with Gasteiger partial charge < -0.3 is 4.42 Å². The van der Waals surface area contributed by atoms with Gasteiger partial charge >= 0.3 is 0 Å². The van der Waals surface area contributed by atoms with Crippen LogP contribution in [0.1, 0.15) is 27.3 Å². The zero-order valence-electron chi connectivity index (χ0n) is 8.38. The van der Waals surface area contributed by atoms with E-state index in [9.17, 15) is 0 Å². The van der Waals surface area contributed by atoms with E-state index in [1.54, 1.807) is 11.3 Å². The Morgan fingerprint density at radius 1 is 1.40 bits per heavy atom. The van der Waals surface area contributed by atoms with E-state index in [0.29, 0.717) is 0 Å². The lowest BCUT2D eigenvalue weighted by Gasteiger charge is -2.02. The van der Waals surface area contributed by atoms with Crippen LogP contribution in [0.25, 0.3) is 0 Å². The Bertz CT molecular complexity index is 455. The fourth-order valence-corrected chi connectivity index (χ4v) is 3.21. The molecule has 0 saturated carbocycles. The monoisotopic (exact) mass is 304 g/mol. The maximum atomic E-state index is 6.33. The van der Waals surface area contributed by atoms with Crippen LogP contribution in [0, 0.1) is 13.8 Å². The Morgan fingerprint density at radius 2 is 2.13 bits per heavy atom. The molecule has 15 heavy (non-hydrogen) atoms. The van der Waals surface area contributed by atoms with Crippen molar-refractivity contribution in [2.24, 2.45) is 0 Å². The third kappa shape index (κ3) is 2.30. The summed E-state index contributed by atoms with van der Waals surface area (Å²) >= 11 is 11.5. The fraction of sp³-hybridized carbons (Fsp3) is 0.273. The Kier molecular flexibility index (Phi) is 3.24. The molecular weight excluding hydrogens is 296 g/mol. The molecule has 0 saturated heterocycles. The molecule has 0 aliphatic rings. The van der Waals surface area contributed by atoms with Gasteiger partial charge in [-0.05, 0) is 53.5 Å². The highest BCUT2D eigenvalue weighted by molar-refractivity contribution is 9.11. The smallest absolute Gasteiger partial charge is 0.127 e. The standard InChI is InChI=1S/C11H10BrClOS/c1-6-5-9(15-11(6)12)10(13)8-4-3-7(2)14-8/h3-5,10H,1-2H3. The van der Waals surface area contributed by atoms with Crippen LogP contribution in [0.3, 0.4) is 0 Å². The van der Waals surface area contributed by atoms with Crippen LogP contribution in [0.2, 0.25) is 0 Å². The molecule has 0 fully saturated rings. The van der Waals surface area contributed by atoms with E-state index in [0.717, 1.165) is 20.2 Å². The van der Waals surface area contributed by atoms with E-state index in [2.05, 4.69) is 28.9 Å². The molecule has 80 valence electrons. The number of alkyl halides is 1. The lowest BCUT2D eigenvalue weighted by molar-refractivity contribution is 0.490. The summed E-state index contributed by atoms with van der Waals surface area (Å²) in [5.74, 6) is 1.70. The van der Waals surface area contributed by atoms with Gasteiger partial charge in [0.1, 0.15) is 16.9 Å². The van der Waals surface area contributed by atoms with Crippen LogP contribution in [-0.2, 0) is 0 Å². The number of furan rings is 1. The van der Waals surface area contributed by atoms with Crippen molar-refractivity contribution in [2.45, 2.75) is 19.2 Å². The molecule has 2 heterocycles. The zero-order valence-corrected chi connectivity index (χ0v) is 11.5. The predicted molar refractivity (Wildman–Crippen MR) is 67.9 cm³/mol. The molecule has 0 aromatic carbocycles. The lowest BCUT2D eigenvalue weighted by Crippen LogP contribution is -1.86. The first-order chi connectivity index (χ1) is 7.08. The largest absolute Gasteiger partial charge is 0.464 e. The molecule has 0 aliphatic carbocycles. The Labute approximate surface area is 106 Å². The summed E-state index contributed by atoms with van der Waals surface area (Å²) in [6, 6.07) is 5.94. The summed E-state index contributed by atoms with van der Waals surface area (Å²) in [4.78, 5) is 1.11. The summed E-state index contributed by atoms with van der Waals surface area (Å²) in [5.41, 5.74) is 1.21. The summed E-state index contributed by atoms with van der Waals surface area (Å²) in [6.45, 7) is 3.98. The third-order valence-corrected chi connectivity index (χ3v) is 4.92. The van der Waals surface area contributed by atoms with Gasteiger partial charge in [-0.1, -0.05) is 0 Å². The van der Waals surface area contributed by atoms with Gasteiger partial charge in [0.2, 0.25) is 0 Å². The highest BCUT2D eigenvalue weighted by Gasteiger charge is 2.17. The van der Waals surface area contributed by atoms with E-state index >= 15 is 0 Å². The predicted octanol–water partition coefficient (Wildman–Crippen LogP) is 5.05. The van der Waals surface area contributed by atoms with Crippen molar-refractivity contribution < 1.29 is 4.42 Å². The van der Waals surface area contributed by atoms with Gasteiger partial charge in [0, 0.05) is 4.88 Å². The molecule has 1 unspecified atom stereocenters. The molecule has 2 aromatic rings. The van der Waals surface area contributed by atoms with Crippen LogP contribution in [0.5, 0.6) is 0 Å². The summed E-state index contributed by atoms with van der Waals surface area (Å²) in [5, 5.41) is -0.186. The molecule has 2 rings (SSSR count). The summed E-state index contributed by atoms with van der Waals surface area (Å²) in [7, 11) is 0. The first-order valence-electron chi connectivity index (χ1n) is 4.54. The maximum absolute atomic E-state index is 6.33. The van der Waals surface area contributed by atoms with Crippen LogP contribution < -0.4 is 0 Å². The fourth-order valence-electron chi connectivity index (χ4n) is 1.34. The van der Waals surface area contributed by atoms with Crippen LogP contribution in [0.15, 0.2) is 26.4 Å². The number of aryl methyl sites for hydroxylation is 2. The van der Waals surface area contributed by atoms with E-state index in [1.807, 2.05) is 19.1 Å². The van der Waals surface area contributed by atoms with Crippen LogP contribution in [-0.4, -0.2) is 0 Å². The maximum Gasteiger partial charge on any atom is 0.127 e. The molecule has 2 aromatic heterocycles. The molecule has 0 bridgehead atoms. The first-order valence-corrected chi connectivity index (χ1v) is 6.59. The molecule has 0 aliphatic heterocycles. The SMILES string of the molecule is Cc1ccc(C(Cl)c2cc(C)c(Br)s2)o1. The second kappa shape index (κ2) is 4.32. The topological polar surface area (TPSA) is 13.1 Å². The molecule has 0 amide bonds. The molecule has 4 heteroatoms. The minimum absolute atomic E-state index is 0.186. The van der Waals surface area contributed by atoms with Crippen molar-refractivity contribution in [1.29, 1.82) is 0 Å². The zero-order chi connectivity index (χ0) is 11.0. The Morgan fingerprint density at radius 3 is 2.60 bits per heavy atom. The third-order valence-electron chi connectivity index (χ3n) is 2.14. The average Bonchev–Trinajstić information content (AvgIpc) is 2.74. The molecule has 0 N–H and O–H groups in total. The van der Waals surface area contributed by atoms with E-state index < -0.39 is 0 Å².